The van der Waals surface area contributed by atoms with Crippen LogP contribution in [0.3, 0.4) is 0 Å². The van der Waals surface area contributed by atoms with Crippen molar-refractivity contribution in [2.45, 2.75) is 45.7 Å². The number of hydrogen-bond acceptors (Lipinski definition) is 4. The normalized spacial score (nSPS) is 11.9. The zero-order valence-electron chi connectivity index (χ0n) is 11.1. The molecule has 3 N–H and O–H groups in total. The van der Waals surface area contributed by atoms with Crippen molar-refractivity contribution in [1.82, 2.24) is 15.6 Å². The van der Waals surface area contributed by atoms with Crippen LogP contribution in [0.1, 0.15) is 36.9 Å². The average Bonchev–Trinajstić information content (AvgIpc) is 2.77. The number of urea groups is 1. The van der Waals surface area contributed by atoms with Gasteiger partial charge in [-0.25, -0.2) is 14.6 Å². The first-order valence-electron chi connectivity index (χ1n) is 6.21. The molecule has 1 heterocycles. The average molecular weight is 285 g/mol. The van der Waals surface area contributed by atoms with Crippen LogP contribution in [0.5, 0.6) is 0 Å². The van der Waals surface area contributed by atoms with Crippen molar-refractivity contribution in [2.24, 2.45) is 0 Å². The predicted octanol–water partition coefficient (Wildman–Crippen LogP) is 1.89. The Balaban J connectivity index is 2.37. The minimum Gasteiger partial charge on any atom is -0.480 e. The number of thiazole rings is 1. The largest absolute Gasteiger partial charge is 0.480 e. The maximum Gasteiger partial charge on any atom is 0.326 e. The lowest BCUT2D eigenvalue weighted by Crippen LogP contribution is -2.45. The minimum absolute atomic E-state index is 0.302. The number of nitrogens with zero attached hydrogens (tertiary/aromatic N) is 1. The van der Waals surface area contributed by atoms with Gasteiger partial charge in [0.25, 0.3) is 0 Å². The molecule has 0 saturated carbocycles. The van der Waals surface area contributed by atoms with Crippen molar-refractivity contribution >= 4 is 23.3 Å². The molecule has 0 saturated heterocycles. The number of rotatable bonds is 7. The number of aromatic nitrogens is 1. The standard InChI is InChI=1S/C12H19N3O3S/c1-3-4-5-10(11(16)17)15-12(18)13-6-9-7-19-8(2)14-9/h7,10H,3-6H2,1-2H3,(H,16,17)(H2,13,15,18)/t10-/m0/s1. The van der Waals surface area contributed by atoms with E-state index >= 15 is 0 Å². The Kier molecular flexibility index (Phi) is 6.27. The Morgan fingerprint density at radius 2 is 2.26 bits per heavy atom. The number of aryl methyl sites for hydroxylation is 1. The molecule has 0 spiro atoms. The smallest absolute Gasteiger partial charge is 0.326 e. The van der Waals surface area contributed by atoms with Crippen LogP contribution >= 0.6 is 11.3 Å². The molecule has 1 rings (SSSR count). The highest BCUT2D eigenvalue weighted by Gasteiger charge is 2.18. The molecule has 0 aliphatic heterocycles. The van der Waals surface area contributed by atoms with Gasteiger partial charge in [-0.2, -0.15) is 0 Å². The van der Waals surface area contributed by atoms with E-state index in [-0.39, 0.29) is 0 Å². The lowest BCUT2D eigenvalue weighted by atomic mass is 10.1. The van der Waals surface area contributed by atoms with Crippen molar-refractivity contribution in [3.63, 3.8) is 0 Å². The Hall–Kier alpha value is -1.63. The molecule has 0 aromatic carbocycles. The van der Waals surface area contributed by atoms with Gasteiger partial charge in [0, 0.05) is 5.38 Å². The summed E-state index contributed by atoms with van der Waals surface area (Å²) in [7, 11) is 0. The minimum atomic E-state index is -1.01. The summed E-state index contributed by atoms with van der Waals surface area (Å²) in [4.78, 5) is 26.8. The molecule has 19 heavy (non-hydrogen) atoms. The van der Waals surface area contributed by atoms with E-state index in [1.54, 1.807) is 0 Å². The number of carbonyl (C=O) groups is 2. The molecule has 2 amide bonds. The maximum absolute atomic E-state index is 11.6. The fourth-order valence-corrected chi connectivity index (χ4v) is 2.15. The van der Waals surface area contributed by atoms with Gasteiger partial charge in [0.1, 0.15) is 6.04 Å². The van der Waals surface area contributed by atoms with Gasteiger partial charge in [0.2, 0.25) is 0 Å². The lowest BCUT2D eigenvalue weighted by molar-refractivity contribution is -0.139. The third-order valence-corrected chi connectivity index (χ3v) is 3.37. The van der Waals surface area contributed by atoms with Crippen LogP contribution in [0.25, 0.3) is 0 Å². The van der Waals surface area contributed by atoms with Gasteiger partial charge in [-0.05, 0) is 13.3 Å². The summed E-state index contributed by atoms with van der Waals surface area (Å²) in [5, 5.41) is 16.8. The van der Waals surface area contributed by atoms with E-state index in [0.717, 1.165) is 23.5 Å². The zero-order valence-corrected chi connectivity index (χ0v) is 11.9. The first-order chi connectivity index (χ1) is 9.02. The number of carbonyl (C=O) groups excluding carboxylic acids is 1. The van der Waals surface area contributed by atoms with Gasteiger partial charge in [0.05, 0.1) is 17.2 Å². The van der Waals surface area contributed by atoms with Crippen LogP contribution in [0, 0.1) is 6.92 Å². The van der Waals surface area contributed by atoms with Crippen LogP contribution < -0.4 is 10.6 Å². The molecule has 106 valence electrons. The summed E-state index contributed by atoms with van der Waals surface area (Å²) in [6, 6.07) is -1.31. The Labute approximate surface area is 116 Å². The topological polar surface area (TPSA) is 91.3 Å². The van der Waals surface area contributed by atoms with Crippen LogP contribution in [-0.4, -0.2) is 28.1 Å². The molecular weight excluding hydrogens is 266 g/mol. The molecule has 0 aliphatic rings. The molecule has 1 atom stereocenters. The molecule has 0 radical (unpaired) electrons. The van der Waals surface area contributed by atoms with E-state index in [9.17, 15) is 9.59 Å². The van der Waals surface area contributed by atoms with Crippen LogP contribution in [0.2, 0.25) is 0 Å². The second kappa shape index (κ2) is 7.73. The number of amides is 2. The van der Waals surface area contributed by atoms with E-state index in [4.69, 9.17) is 5.11 Å². The van der Waals surface area contributed by atoms with E-state index in [0.29, 0.717) is 13.0 Å². The highest BCUT2D eigenvalue weighted by atomic mass is 32.1. The highest BCUT2D eigenvalue weighted by Crippen LogP contribution is 2.07. The fraction of sp³-hybridized carbons (Fsp3) is 0.583. The first kappa shape index (κ1) is 15.4. The lowest BCUT2D eigenvalue weighted by Gasteiger charge is -2.14. The Morgan fingerprint density at radius 3 is 2.79 bits per heavy atom. The number of nitrogens with one attached hydrogen (secondary N) is 2. The van der Waals surface area contributed by atoms with Gasteiger partial charge in [-0.3, -0.25) is 0 Å². The van der Waals surface area contributed by atoms with Gasteiger partial charge < -0.3 is 15.7 Å². The number of hydrogen-bond donors (Lipinski definition) is 3. The third kappa shape index (κ3) is 5.69. The van der Waals surface area contributed by atoms with Gasteiger partial charge in [0.15, 0.2) is 0 Å². The van der Waals surface area contributed by atoms with Crippen LogP contribution in [0.15, 0.2) is 5.38 Å². The van der Waals surface area contributed by atoms with Crippen molar-refractivity contribution in [3.8, 4) is 0 Å². The molecule has 1 aromatic heterocycles. The monoisotopic (exact) mass is 285 g/mol. The van der Waals surface area contributed by atoms with Crippen molar-refractivity contribution in [3.05, 3.63) is 16.1 Å². The Morgan fingerprint density at radius 1 is 1.53 bits per heavy atom. The summed E-state index contributed by atoms with van der Waals surface area (Å²) in [5.74, 6) is -1.01. The van der Waals surface area contributed by atoms with E-state index in [1.165, 1.54) is 11.3 Å². The summed E-state index contributed by atoms with van der Waals surface area (Å²) in [6.07, 6.45) is 2.10. The molecule has 1 aromatic rings. The second-order valence-electron chi connectivity index (χ2n) is 4.22. The number of carboxylic acid groups (broad SMARTS) is 1. The van der Waals surface area contributed by atoms with Crippen molar-refractivity contribution < 1.29 is 14.7 Å². The maximum atomic E-state index is 11.6. The number of carboxylic acids is 1. The van der Waals surface area contributed by atoms with E-state index < -0.39 is 18.0 Å². The molecule has 7 heteroatoms. The summed E-state index contributed by atoms with van der Waals surface area (Å²) in [5.41, 5.74) is 0.776. The fourth-order valence-electron chi connectivity index (χ4n) is 1.54. The summed E-state index contributed by atoms with van der Waals surface area (Å²) in [6.45, 7) is 4.17. The van der Waals surface area contributed by atoms with Crippen molar-refractivity contribution in [1.29, 1.82) is 0 Å². The molecule has 0 fully saturated rings. The number of unbranched alkanes of at least 4 members (excludes halogenated alkanes) is 1. The van der Waals surface area contributed by atoms with E-state index in [2.05, 4.69) is 15.6 Å². The number of aliphatic carboxylic acids is 1. The summed E-state index contributed by atoms with van der Waals surface area (Å²) < 4.78 is 0. The summed E-state index contributed by atoms with van der Waals surface area (Å²) >= 11 is 1.51. The highest BCUT2D eigenvalue weighted by molar-refractivity contribution is 7.09. The van der Waals surface area contributed by atoms with E-state index in [1.807, 2.05) is 19.2 Å². The Bertz CT molecular complexity index is 434. The molecular formula is C12H19N3O3S. The molecule has 0 bridgehead atoms. The van der Waals surface area contributed by atoms with Crippen LogP contribution in [-0.2, 0) is 11.3 Å². The van der Waals surface area contributed by atoms with Gasteiger partial charge >= 0.3 is 12.0 Å². The third-order valence-electron chi connectivity index (χ3n) is 2.55. The van der Waals surface area contributed by atoms with Crippen molar-refractivity contribution in [2.75, 3.05) is 0 Å². The zero-order chi connectivity index (χ0) is 14.3. The molecule has 0 aliphatic carbocycles. The van der Waals surface area contributed by atoms with Gasteiger partial charge in [-0.1, -0.05) is 19.8 Å². The SMILES string of the molecule is CCCC[C@H](NC(=O)NCc1csc(C)n1)C(=O)O. The predicted molar refractivity (Wildman–Crippen MR) is 73.2 cm³/mol. The molecule has 0 unspecified atom stereocenters. The quantitative estimate of drug-likeness (QED) is 0.713. The van der Waals surface area contributed by atoms with Crippen LogP contribution in [0.4, 0.5) is 4.79 Å². The second-order valence-corrected chi connectivity index (χ2v) is 5.28. The van der Waals surface area contributed by atoms with Gasteiger partial charge in [-0.15, -0.1) is 11.3 Å². The molecule has 6 nitrogen and oxygen atoms in total. The first-order valence-corrected chi connectivity index (χ1v) is 7.09.